The van der Waals surface area contributed by atoms with Crippen LogP contribution in [0, 0.1) is 0 Å². The predicted octanol–water partition coefficient (Wildman–Crippen LogP) is 3.29. The summed E-state index contributed by atoms with van der Waals surface area (Å²) in [5.41, 5.74) is 1.46. The van der Waals surface area contributed by atoms with Gasteiger partial charge in [0.25, 0.3) is 0 Å². The van der Waals surface area contributed by atoms with Crippen molar-refractivity contribution >= 4 is 11.7 Å². The zero-order chi connectivity index (χ0) is 17.6. The molecule has 1 aliphatic rings. The van der Waals surface area contributed by atoms with Gasteiger partial charge in [-0.25, -0.2) is 4.79 Å². The minimum absolute atomic E-state index is 0.0850. The SMILES string of the molecule is O=C(Nc1ccncc1)N1CCOC(c2ccc(OC(F)F)cc2)C1. The molecule has 1 saturated heterocycles. The average molecular weight is 349 g/mol. The van der Waals surface area contributed by atoms with E-state index in [1.54, 1.807) is 41.6 Å². The number of nitrogens with one attached hydrogen (secondary N) is 1. The van der Waals surface area contributed by atoms with E-state index < -0.39 is 6.61 Å². The second kappa shape index (κ2) is 7.89. The van der Waals surface area contributed by atoms with E-state index in [2.05, 4.69) is 15.0 Å². The third kappa shape index (κ3) is 4.63. The molecule has 0 aliphatic carbocycles. The summed E-state index contributed by atoms with van der Waals surface area (Å²) in [6.45, 7) is -1.63. The Labute approximate surface area is 143 Å². The van der Waals surface area contributed by atoms with E-state index in [1.807, 2.05) is 0 Å². The number of benzene rings is 1. The Bertz CT molecular complexity index is 698. The number of aromatic nitrogens is 1. The largest absolute Gasteiger partial charge is 0.435 e. The summed E-state index contributed by atoms with van der Waals surface area (Å²) in [6, 6.07) is 9.42. The molecule has 1 N–H and O–H groups in total. The van der Waals surface area contributed by atoms with Gasteiger partial charge >= 0.3 is 12.6 Å². The molecule has 132 valence electrons. The van der Waals surface area contributed by atoms with Crippen LogP contribution in [0.2, 0.25) is 0 Å². The zero-order valence-electron chi connectivity index (χ0n) is 13.3. The normalized spacial score (nSPS) is 17.4. The first-order valence-electron chi connectivity index (χ1n) is 7.74. The van der Waals surface area contributed by atoms with Crippen LogP contribution >= 0.6 is 0 Å². The van der Waals surface area contributed by atoms with Crippen LogP contribution in [-0.4, -0.2) is 42.2 Å². The third-order valence-corrected chi connectivity index (χ3v) is 3.76. The lowest BCUT2D eigenvalue weighted by Crippen LogP contribution is -2.44. The molecule has 0 spiro atoms. The van der Waals surface area contributed by atoms with Crippen molar-refractivity contribution in [1.82, 2.24) is 9.88 Å². The number of urea groups is 1. The maximum atomic E-state index is 12.4. The lowest BCUT2D eigenvalue weighted by Gasteiger charge is -2.33. The van der Waals surface area contributed by atoms with Crippen LogP contribution in [0.5, 0.6) is 5.75 Å². The summed E-state index contributed by atoms with van der Waals surface area (Å²) in [5, 5.41) is 2.80. The van der Waals surface area contributed by atoms with Gasteiger partial charge in [-0.1, -0.05) is 12.1 Å². The van der Waals surface area contributed by atoms with Gasteiger partial charge in [0.05, 0.1) is 13.2 Å². The minimum Gasteiger partial charge on any atom is -0.435 e. The topological polar surface area (TPSA) is 63.7 Å². The van der Waals surface area contributed by atoms with Crippen molar-refractivity contribution in [2.45, 2.75) is 12.7 Å². The van der Waals surface area contributed by atoms with Crippen molar-refractivity contribution in [2.75, 3.05) is 25.0 Å². The van der Waals surface area contributed by atoms with Crippen LogP contribution in [0.3, 0.4) is 0 Å². The number of rotatable bonds is 4. The highest BCUT2D eigenvalue weighted by Gasteiger charge is 2.25. The van der Waals surface area contributed by atoms with Gasteiger partial charge in [-0.15, -0.1) is 0 Å². The molecule has 1 aromatic heterocycles. The molecule has 1 fully saturated rings. The summed E-state index contributed by atoms with van der Waals surface area (Å²) in [7, 11) is 0. The van der Waals surface area contributed by atoms with Gasteiger partial charge in [0.2, 0.25) is 0 Å². The lowest BCUT2D eigenvalue weighted by molar-refractivity contribution is -0.0499. The van der Waals surface area contributed by atoms with Crippen LogP contribution in [0.25, 0.3) is 0 Å². The van der Waals surface area contributed by atoms with Gasteiger partial charge in [-0.2, -0.15) is 8.78 Å². The molecule has 6 nitrogen and oxygen atoms in total. The Morgan fingerprint density at radius 2 is 1.96 bits per heavy atom. The number of carbonyl (C=O) groups is 1. The number of hydrogen-bond donors (Lipinski definition) is 1. The maximum absolute atomic E-state index is 12.4. The van der Waals surface area contributed by atoms with Crippen molar-refractivity contribution in [3.63, 3.8) is 0 Å². The molecular weight excluding hydrogens is 332 g/mol. The standard InChI is InChI=1S/C17H17F2N3O3/c18-16(19)25-14-3-1-12(2-4-14)15-11-22(9-10-24-15)17(23)21-13-5-7-20-8-6-13/h1-8,15-16H,9-11H2,(H,20,21,23). The zero-order valence-corrected chi connectivity index (χ0v) is 13.3. The first-order valence-corrected chi connectivity index (χ1v) is 7.74. The second-order valence-electron chi connectivity index (χ2n) is 5.42. The van der Waals surface area contributed by atoms with Crippen LogP contribution in [0.1, 0.15) is 11.7 Å². The molecule has 0 saturated carbocycles. The number of ether oxygens (including phenoxy) is 2. The molecule has 3 rings (SSSR count). The summed E-state index contributed by atoms with van der Waals surface area (Å²) in [5.74, 6) is 0.0850. The predicted molar refractivity (Wildman–Crippen MR) is 86.6 cm³/mol. The number of halogens is 2. The van der Waals surface area contributed by atoms with E-state index in [1.165, 1.54) is 12.1 Å². The Morgan fingerprint density at radius 1 is 1.24 bits per heavy atom. The average Bonchev–Trinajstić information content (AvgIpc) is 2.63. The van der Waals surface area contributed by atoms with Crippen LogP contribution in [0.15, 0.2) is 48.8 Å². The van der Waals surface area contributed by atoms with E-state index in [-0.39, 0.29) is 17.9 Å². The highest BCUT2D eigenvalue weighted by molar-refractivity contribution is 5.89. The van der Waals surface area contributed by atoms with E-state index in [4.69, 9.17) is 4.74 Å². The van der Waals surface area contributed by atoms with Gasteiger partial charge in [0, 0.05) is 24.6 Å². The molecule has 1 unspecified atom stereocenters. The molecule has 1 aliphatic heterocycles. The van der Waals surface area contributed by atoms with E-state index >= 15 is 0 Å². The van der Waals surface area contributed by atoms with Gasteiger partial charge in [-0.05, 0) is 29.8 Å². The van der Waals surface area contributed by atoms with Crippen molar-refractivity contribution in [1.29, 1.82) is 0 Å². The summed E-state index contributed by atoms with van der Waals surface area (Å²) in [6.07, 6.45) is 2.87. The first-order chi connectivity index (χ1) is 12.1. The molecule has 1 atom stereocenters. The Morgan fingerprint density at radius 3 is 2.64 bits per heavy atom. The number of hydrogen-bond acceptors (Lipinski definition) is 4. The number of anilines is 1. The first kappa shape index (κ1) is 17.1. The van der Waals surface area contributed by atoms with Crippen molar-refractivity contribution < 1.29 is 23.0 Å². The second-order valence-corrected chi connectivity index (χ2v) is 5.42. The fraction of sp³-hybridized carbons (Fsp3) is 0.294. The molecule has 2 heterocycles. The number of pyridine rings is 1. The van der Waals surface area contributed by atoms with Gasteiger partial charge in [0.1, 0.15) is 11.9 Å². The fourth-order valence-corrected chi connectivity index (χ4v) is 2.54. The van der Waals surface area contributed by atoms with Crippen molar-refractivity contribution in [3.8, 4) is 5.75 Å². The molecule has 0 bridgehead atoms. The number of morpholine rings is 1. The lowest BCUT2D eigenvalue weighted by atomic mass is 10.1. The number of carbonyl (C=O) groups excluding carboxylic acids is 1. The number of amides is 2. The Balaban J connectivity index is 1.61. The van der Waals surface area contributed by atoms with Crippen molar-refractivity contribution in [3.05, 3.63) is 54.4 Å². The molecule has 25 heavy (non-hydrogen) atoms. The summed E-state index contributed by atoms with van der Waals surface area (Å²) in [4.78, 5) is 17.9. The van der Waals surface area contributed by atoms with E-state index in [0.717, 1.165) is 5.56 Å². The van der Waals surface area contributed by atoms with E-state index in [9.17, 15) is 13.6 Å². The number of nitrogens with zero attached hydrogens (tertiary/aromatic N) is 2. The van der Waals surface area contributed by atoms with Crippen LogP contribution < -0.4 is 10.1 Å². The quantitative estimate of drug-likeness (QED) is 0.920. The molecule has 2 amide bonds. The smallest absolute Gasteiger partial charge is 0.387 e. The van der Waals surface area contributed by atoms with Gasteiger partial charge in [0.15, 0.2) is 0 Å². The summed E-state index contributed by atoms with van der Waals surface area (Å²) >= 11 is 0. The Hall–Kier alpha value is -2.74. The molecule has 0 radical (unpaired) electrons. The van der Waals surface area contributed by atoms with Crippen LogP contribution in [-0.2, 0) is 4.74 Å². The monoisotopic (exact) mass is 349 g/mol. The maximum Gasteiger partial charge on any atom is 0.387 e. The van der Waals surface area contributed by atoms with Crippen molar-refractivity contribution in [2.24, 2.45) is 0 Å². The van der Waals surface area contributed by atoms with E-state index in [0.29, 0.717) is 25.4 Å². The molecule has 1 aromatic carbocycles. The van der Waals surface area contributed by atoms with Crippen LogP contribution in [0.4, 0.5) is 19.3 Å². The fourth-order valence-electron chi connectivity index (χ4n) is 2.54. The third-order valence-electron chi connectivity index (χ3n) is 3.76. The molecular formula is C17H17F2N3O3. The molecule has 8 heteroatoms. The van der Waals surface area contributed by atoms with Gasteiger partial charge in [-0.3, -0.25) is 4.98 Å². The van der Waals surface area contributed by atoms with Gasteiger partial charge < -0.3 is 19.7 Å². The number of alkyl halides is 2. The minimum atomic E-state index is -2.86. The summed E-state index contributed by atoms with van der Waals surface area (Å²) < 4.78 is 34.4. The highest BCUT2D eigenvalue weighted by Crippen LogP contribution is 2.25. The molecule has 2 aromatic rings. The Kier molecular flexibility index (Phi) is 5.39. The highest BCUT2D eigenvalue weighted by atomic mass is 19.3.